The maximum atomic E-state index is 12.5. The van der Waals surface area contributed by atoms with Gasteiger partial charge in [0.05, 0.1) is 18.9 Å². The van der Waals surface area contributed by atoms with Gasteiger partial charge in [0.25, 0.3) is 5.91 Å². The number of hydrogen-bond acceptors (Lipinski definition) is 6. The first-order valence-electron chi connectivity index (χ1n) is 9.62. The van der Waals surface area contributed by atoms with E-state index in [1.165, 1.54) is 6.21 Å². The molecule has 0 radical (unpaired) electrons. The molecular formula is C24H21BrN2O5. The Balaban J connectivity index is 1.60. The molecule has 0 heterocycles. The highest BCUT2D eigenvalue weighted by atomic mass is 79.9. The molecule has 7 nitrogen and oxygen atoms in total. The number of ether oxygens (including phenoxy) is 3. The van der Waals surface area contributed by atoms with E-state index in [0.717, 1.165) is 10.0 Å². The fourth-order valence-corrected chi connectivity index (χ4v) is 3.05. The minimum atomic E-state index is -0.484. The Labute approximate surface area is 194 Å². The van der Waals surface area contributed by atoms with Crippen molar-refractivity contribution in [1.29, 1.82) is 0 Å². The van der Waals surface area contributed by atoms with Crippen molar-refractivity contribution in [3.8, 4) is 17.2 Å². The first kappa shape index (κ1) is 23.0. The van der Waals surface area contributed by atoms with Gasteiger partial charge in [-0.05, 0) is 61.5 Å². The van der Waals surface area contributed by atoms with E-state index < -0.39 is 11.9 Å². The Morgan fingerprint density at radius 1 is 1.03 bits per heavy atom. The third-order valence-electron chi connectivity index (χ3n) is 4.25. The molecule has 3 aromatic rings. The zero-order valence-electron chi connectivity index (χ0n) is 17.5. The van der Waals surface area contributed by atoms with E-state index in [0.29, 0.717) is 28.4 Å². The molecule has 1 N–H and O–H groups in total. The van der Waals surface area contributed by atoms with Crippen LogP contribution in [0.2, 0.25) is 0 Å². The molecule has 32 heavy (non-hydrogen) atoms. The lowest BCUT2D eigenvalue weighted by atomic mass is 10.1. The molecule has 0 bridgehead atoms. The van der Waals surface area contributed by atoms with Gasteiger partial charge in [0.2, 0.25) is 0 Å². The van der Waals surface area contributed by atoms with Crippen LogP contribution in [-0.2, 0) is 4.79 Å². The second-order valence-corrected chi connectivity index (χ2v) is 7.61. The van der Waals surface area contributed by atoms with Gasteiger partial charge in [0.15, 0.2) is 6.61 Å². The maximum Gasteiger partial charge on any atom is 0.343 e. The first-order valence-corrected chi connectivity index (χ1v) is 10.4. The van der Waals surface area contributed by atoms with Crippen LogP contribution in [-0.4, -0.2) is 31.8 Å². The average molecular weight is 497 g/mol. The Bertz CT molecular complexity index is 1130. The summed E-state index contributed by atoms with van der Waals surface area (Å²) in [6.07, 6.45) is 1.40. The number of esters is 1. The smallest absolute Gasteiger partial charge is 0.343 e. The molecule has 0 fully saturated rings. The second kappa shape index (κ2) is 11.1. The lowest BCUT2D eigenvalue weighted by Crippen LogP contribution is -2.24. The minimum absolute atomic E-state index is 0.211. The number of aryl methyl sites for hydroxylation is 1. The molecule has 0 saturated carbocycles. The molecule has 1 amide bonds. The number of rotatable bonds is 8. The summed E-state index contributed by atoms with van der Waals surface area (Å²) in [6.45, 7) is 1.69. The van der Waals surface area contributed by atoms with Crippen LogP contribution in [0.25, 0.3) is 0 Å². The standard InChI is InChI=1S/C24H21BrN2O5/c1-16-4-3-5-17(12-16)24(29)32-22-11-6-19(25)13-18(22)14-26-27-23(28)15-31-21-9-7-20(30-2)8-10-21/h3-14H,15H2,1-2H3,(H,27,28)/b26-14+. The summed E-state index contributed by atoms with van der Waals surface area (Å²) in [5.74, 6) is 0.613. The SMILES string of the molecule is COc1ccc(OCC(=O)N/N=C/c2cc(Br)ccc2OC(=O)c2cccc(C)c2)cc1. The Hall–Kier alpha value is -3.65. The van der Waals surface area contributed by atoms with E-state index in [4.69, 9.17) is 14.2 Å². The monoisotopic (exact) mass is 496 g/mol. The van der Waals surface area contributed by atoms with Crippen molar-refractivity contribution in [2.24, 2.45) is 5.10 Å². The van der Waals surface area contributed by atoms with Crippen molar-refractivity contribution in [1.82, 2.24) is 5.43 Å². The molecule has 0 unspecified atom stereocenters. The number of benzene rings is 3. The topological polar surface area (TPSA) is 86.2 Å². The number of methoxy groups -OCH3 is 1. The predicted molar refractivity (Wildman–Crippen MR) is 125 cm³/mol. The lowest BCUT2D eigenvalue weighted by molar-refractivity contribution is -0.123. The first-order chi connectivity index (χ1) is 15.4. The molecule has 0 aliphatic carbocycles. The van der Waals surface area contributed by atoms with Crippen molar-refractivity contribution >= 4 is 34.0 Å². The van der Waals surface area contributed by atoms with Crippen LogP contribution < -0.4 is 19.6 Å². The van der Waals surface area contributed by atoms with E-state index in [-0.39, 0.29) is 6.61 Å². The highest BCUT2D eigenvalue weighted by molar-refractivity contribution is 9.10. The largest absolute Gasteiger partial charge is 0.497 e. The van der Waals surface area contributed by atoms with E-state index in [1.54, 1.807) is 67.8 Å². The van der Waals surface area contributed by atoms with Gasteiger partial charge in [-0.2, -0.15) is 5.10 Å². The molecule has 0 saturated heterocycles. The third kappa shape index (κ3) is 6.68. The number of hydrazone groups is 1. The molecule has 164 valence electrons. The summed E-state index contributed by atoms with van der Waals surface area (Å²) in [4.78, 5) is 24.5. The molecular weight excluding hydrogens is 476 g/mol. The van der Waals surface area contributed by atoms with Crippen molar-refractivity contribution < 1.29 is 23.8 Å². The van der Waals surface area contributed by atoms with Crippen molar-refractivity contribution in [3.05, 3.63) is 87.9 Å². The fourth-order valence-electron chi connectivity index (χ4n) is 2.67. The van der Waals surface area contributed by atoms with Gasteiger partial charge in [0.1, 0.15) is 17.2 Å². The highest BCUT2D eigenvalue weighted by Gasteiger charge is 2.12. The zero-order valence-corrected chi connectivity index (χ0v) is 19.1. The van der Waals surface area contributed by atoms with Gasteiger partial charge in [-0.25, -0.2) is 10.2 Å². The van der Waals surface area contributed by atoms with Crippen molar-refractivity contribution in [3.63, 3.8) is 0 Å². The number of halogens is 1. The van der Waals surface area contributed by atoms with E-state index in [9.17, 15) is 9.59 Å². The summed E-state index contributed by atoms with van der Waals surface area (Å²) in [6, 6.07) is 19.1. The van der Waals surface area contributed by atoms with Crippen LogP contribution >= 0.6 is 15.9 Å². The third-order valence-corrected chi connectivity index (χ3v) is 4.74. The van der Waals surface area contributed by atoms with Crippen molar-refractivity contribution in [2.75, 3.05) is 13.7 Å². The quantitative estimate of drug-likeness (QED) is 0.214. The summed E-state index contributed by atoms with van der Waals surface area (Å²) in [5, 5.41) is 3.94. The number of nitrogens with one attached hydrogen (secondary N) is 1. The normalized spacial score (nSPS) is 10.6. The summed E-state index contributed by atoms with van der Waals surface area (Å²) in [5.41, 5.74) is 4.30. The molecule has 3 aromatic carbocycles. The van der Waals surface area contributed by atoms with Crippen LogP contribution in [0, 0.1) is 6.92 Å². The van der Waals surface area contributed by atoms with Gasteiger partial charge in [-0.15, -0.1) is 0 Å². The lowest BCUT2D eigenvalue weighted by Gasteiger charge is -2.09. The summed E-state index contributed by atoms with van der Waals surface area (Å²) in [7, 11) is 1.57. The highest BCUT2D eigenvalue weighted by Crippen LogP contribution is 2.23. The average Bonchev–Trinajstić information content (AvgIpc) is 2.79. The van der Waals surface area contributed by atoms with Gasteiger partial charge in [0, 0.05) is 10.0 Å². The second-order valence-electron chi connectivity index (χ2n) is 6.70. The molecule has 3 rings (SSSR count). The van der Waals surface area contributed by atoms with Crippen LogP contribution in [0.5, 0.6) is 17.2 Å². The molecule has 0 spiro atoms. The summed E-state index contributed by atoms with van der Waals surface area (Å²) < 4.78 is 16.8. The Morgan fingerprint density at radius 3 is 2.50 bits per heavy atom. The fraction of sp³-hybridized carbons (Fsp3) is 0.125. The summed E-state index contributed by atoms with van der Waals surface area (Å²) >= 11 is 3.38. The zero-order chi connectivity index (χ0) is 22.9. The molecule has 0 aromatic heterocycles. The van der Waals surface area contributed by atoms with Gasteiger partial charge < -0.3 is 14.2 Å². The number of hydrogen-bond donors (Lipinski definition) is 1. The number of amides is 1. The van der Waals surface area contributed by atoms with Gasteiger partial charge in [-0.3, -0.25) is 4.79 Å². The number of carbonyl (C=O) groups is 2. The van der Waals surface area contributed by atoms with Gasteiger partial charge in [-0.1, -0.05) is 33.6 Å². The minimum Gasteiger partial charge on any atom is -0.497 e. The van der Waals surface area contributed by atoms with Crippen molar-refractivity contribution in [2.45, 2.75) is 6.92 Å². The predicted octanol–water partition coefficient (Wildman–Crippen LogP) is 4.51. The van der Waals surface area contributed by atoms with Crippen LogP contribution in [0.1, 0.15) is 21.5 Å². The molecule has 0 aliphatic rings. The van der Waals surface area contributed by atoms with Crippen LogP contribution in [0.4, 0.5) is 0 Å². The molecule has 0 atom stereocenters. The molecule has 8 heteroatoms. The Morgan fingerprint density at radius 2 is 1.78 bits per heavy atom. The van der Waals surface area contributed by atoms with E-state index in [2.05, 4.69) is 26.5 Å². The van der Waals surface area contributed by atoms with E-state index >= 15 is 0 Å². The van der Waals surface area contributed by atoms with E-state index in [1.807, 2.05) is 13.0 Å². The molecule has 0 aliphatic heterocycles. The Kier molecular flexibility index (Phi) is 7.99. The van der Waals surface area contributed by atoms with Crippen LogP contribution in [0.3, 0.4) is 0 Å². The number of nitrogens with zero attached hydrogens (tertiary/aromatic N) is 1. The number of carbonyl (C=O) groups excluding carboxylic acids is 2. The van der Waals surface area contributed by atoms with Gasteiger partial charge >= 0.3 is 5.97 Å². The van der Waals surface area contributed by atoms with Crippen LogP contribution in [0.15, 0.2) is 76.3 Å². The maximum absolute atomic E-state index is 12.5.